The average molecular weight is 368 g/mol. The lowest BCUT2D eigenvalue weighted by atomic mass is 9.87. The maximum atomic E-state index is 11.0. The first-order valence-electron chi connectivity index (χ1n) is 8.37. The molecule has 134 valence electrons. The lowest BCUT2D eigenvalue weighted by Gasteiger charge is -2.18. The highest BCUT2D eigenvalue weighted by Gasteiger charge is 2.25. The van der Waals surface area contributed by atoms with Crippen molar-refractivity contribution in [2.75, 3.05) is 5.75 Å². The third-order valence-corrected chi connectivity index (χ3v) is 4.96. The first-order chi connectivity index (χ1) is 12.4. The van der Waals surface area contributed by atoms with Gasteiger partial charge in [0, 0.05) is 0 Å². The fourth-order valence-corrected chi connectivity index (χ4v) is 3.35. The van der Waals surface area contributed by atoms with Gasteiger partial charge in [-0.25, -0.2) is 0 Å². The van der Waals surface area contributed by atoms with Crippen molar-refractivity contribution in [3.05, 3.63) is 60.2 Å². The number of thioether (sulfide) groups is 1. The number of rotatable bonds is 5. The number of para-hydroxylation sites is 1. The van der Waals surface area contributed by atoms with Crippen LogP contribution in [0.25, 0.3) is 17.1 Å². The minimum absolute atomic E-state index is 0.0416. The summed E-state index contributed by atoms with van der Waals surface area (Å²) in [6.07, 6.45) is 0. The van der Waals surface area contributed by atoms with Crippen LogP contribution in [0.15, 0.2) is 59.8 Å². The Kier molecular flexibility index (Phi) is 5.13. The zero-order valence-corrected chi connectivity index (χ0v) is 15.9. The van der Waals surface area contributed by atoms with Crippen molar-refractivity contribution in [2.45, 2.75) is 31.3 Å². The highest BCUT2D eigenvalue weighted by atomic mass is 32.2. The molecule has 0 aliphatic heterocycles. The van der Waals surface area contributed by atoms with E-state index >= 15 is 0 Å². The summed E-state index contributed by atoms with van der Waals surface area (Å²) in [6, 6.07) is 18.2. The van der Waals surface area contributed by atoms with Gasteiger partial charge in [0.05, 0.1) is 10.7 Å². The number of nitrogens with zero attached hydrogens (tertiary/aromatic N) is 2. The molecule has 0 aliphatic carbocycles. The Morgan fingerprint density at radius 3 is 2.35 bits per heavy atom. The van der Waals surface area contributed by atoms with E-state index in [1.165, 1.54) is 17.3 Å². The molecule has 0 saturated carbocycles. The van der Waals surface area contributed by atoms with Gasteiger partial charge in [-0.3, -0.25) is 4.79 Å². The predicted octanol–water partition coefficient (Wildman–Crippen LogP) is 3.83. The quantitative estimate of drug-likeness (QED) is 0.530. The third kappa shape index (κ3) is 3.96. The summed E-state index contributed by atoms with van der Waals surface area (Å²) in [4.78, 5) is 11.0. The molecule has 3 aromatic rings. The molecule has 6 heteroatoms. The van der Waals surface area contributed by atoms with Gasteiger partial charge in [-0.15, -0.1) is 5.10 Å². The first-order valence-corrected chi connectivity index (χ1v) is 9.36. The van der Waals surface area contributed by atoms with Crippen LogP contribution in [-0.4, -0.2) is 27.0 Å². The van der Waals surface area contributed by atoms with Crippen molar-refractivity contribution in [2.24, 2.45) is 0 Å². The Morgan fingerprint density at radius 2 is 1.77 bits per heavy atom. The van der Waals surface area contributed by atoms with E-state index in [2.05, 4.69) is 55.2 Å². The molecule has 3 rings (SSSR count). The van der Waals surface area contributed by atoms with Gasteiger partial charge < -0.3 is 5.11 Å². The summed E-state index contributed by atoms with van der Waals surface area (Å²) in [5, 5.41) is 17.0. The van der Waals surface area contributed by atoms with Crippen LogP contribution in [0.3, 0.4) is 0 Å². The molecule has 0 unspecified atom stereocenters. The standard InChI is InChI=1S/C20H21N3O2S/c1-20(2,3)15-11-9-14(10-12-15)18-21-22-19(26-13-17(24)25)23(18)16-7-5-4-6-8-16/h4-12H,13H2,1-3H3,(H,24,25)/p+1. The number of benzene rings is 2. The summed E-state index contributed by atoms with van der Waals surface area (Å²) < 4.78 is 1.96. The van der Waals surface area contributed by atoms with Gasteiger partial charge in [0.2, 0.25) is 0 Å². The number of aromatic nitrogens is 3. The Bertz CT molecular complexity index is 897. The van der Waals surface area contributed by atoms with Crippen LogP contribution in [-0.2, 0) is 10.2 Å². The SMILES string of the molecule is CC(C)(C)c1ccc(-c2[nH]nc(SCC(=O)O)[n+]2-c2ccccc2)cc1. The normalized spacial score (nSPS) is 11.5. The summed E-state index contributed by atoms with van der Waals surface area (Å²) in [6.45, 7) is 6.55. The number of aliphatic carboxylic acids is 1. The Morgan fingerprint density at radius 1 is 1.12 bits per heavy atom. The molecule has 0 spiro atoms. The zero-order chi connectivity index (χ0) is 18.7. The van der Waals surface area contributed by atoms with Crippen molar-refractivity contribution in [3.8, 4) is 17.1 Å². The summed E-state index contributed by atoms with van der Waals surface area (Å²) in [5.41, 5.74) is 3.28. The van der Waals surface area contributed by atoms with Crippen LogP contribution in [0.1, 0.15) is 26.3 Å². The highest BCUT2D eigenvalue weighted by molar-refractivity contribution is 7.99. The molecular formula is C20H22N3O2S+. The molecule has 5 nitrogen and oxygen atoms in total. The zero-order valence-electron chi connectivity index (χ0n) is 15.1. The maximum absolute atomic E-state index is 11.0. The van der Waals surface area contributed by atoms with E-state index < -0.39 is 5.97 Å². The molecule has 0 radical (unpaired) electrons. The topological polar surface area (TPSA) is 69.9 Å². The second kappa shape index (κ2) is 7.33. The number of H-pyrrole nitrogens is 1. The molecule has 1 aromatic heterocycles. The number of carbonyl (C=O) groups is 1. The van der Waals surface area contributed by atoms with E-state index in [4.69, 9.17) is 5.11 Å². The summed E-state index contributed by atoms with van der Waals surface area (Å²) in [5.74, 6) is -0.0849. The van der Waals surface area contributed by atoms with Gasteiger partial charge in [-0.1, -0.05) is 51.1 Å². The first kappa shape index (κ1) is 18.2. The minimum Gasteiger partial charge on any atom is -0.481 e. The molecule has 2 aromatic carbocycles. The van der Waals surface area contributed by atoms with Crippen molar-refractivity contribution in [1.82, 2.24) is 10.2 Å². The van der Waals surface area contributed by atoms with Crippen LogP contribution in [0.2, 0.25) is 0 Å². The molecule has 0 atom stereocenters. The number of nitrogens with one attached hydrogen (secondary N) is 1. The van der Waals surface area contributed by atoms with E-state index in [1.807, 2.05) is 34.9 Å². The second-order valence-corrected chi connectivity index (χ2v) is 7.98. The molecule has 0 bridgehead atoms. The Labute approximate surface area is 157 Å². The number of aromatic amines is 1. The Hall–Kier alpha value is -2.60. The molecule has 26 heavy (non-hydrogen) atoms. The fraction of sp³-hybridized carbons (Fsp3) is 0.250. The molecule has 0 fully saturated rings. The number of carboxylic acid groups (broad SMARTS) is 1. The number of hydrogen-bond donors (Lipinski definition) is 2. The third-order valence-electron chi connectivity index (χ3n) is 4.04. The number of carboxylic acids is 1. The van der Waals surface area contributed by atoms with E-state index in [-0.39, 0.29) is 11.2 Å². The smallest absolute Gasteiger partial charge is 0.342 e. The van der Waals surface area contributed by atoms with Crippen LogP contribution in [0, 0.1) is 0 Å². The van der Waals surface area contributed by atoms with Crippen LogP contribution >= 0.6 is 11.8 Å². The maximum Gasteiger partial charge on any atom is 0.342 e. The Balaban J connectivity index is 2.05. The lowest BCUT2D eigenvalue weighted by molar-refractivity contribution is -0.625. The van der Waals surface area contributed by atoms with Gasteiger partial charge in [-0.2, -0.15) is 4.57 Å². The largest absolute Gasteiger partial charge is 0.481 e. The van der Waals surface area contributed by atoms with Crippen molar-refractivity contribution in [1.29, 1.82) is 0 Å². The monoisotopic (exact) mass is 368 g/mol. The highest BCUT2D eigenvalue weighted by Crippen LogP contribution is 2.25. The van der Waals surface area contributed by atoms with Gasteiger partial charge >= 0.3 is 11.1 Å². The summed E-state index contributed by atoms with van der Waals surface area (Å²) >= 11 is 1.19. The van der Waals surface area contributed by atoms with E-state index in [1.54, 1.807) is 0 Å². The van der Waals surface area contributed by atoms with Gasteiger partial charge in [-0.05, 0) is 47.0 Å². The molecule has 2 N–H and O–H groups in total. The minimum atomic E-state index is -0.867. The van der Waals surface area contributed by atoms with Gasteiger partial charge in [0.1, 0.15) is 11.4 Å². The molecule has 1 heterocycles. The van der Waals surface area contributed by atoms with Crippen LogP contribution < -0.4 is 4.57 Å². The van der Waals surface area contributed by atoms with Crippen LogP contribution in [0.4, 0.5) is 0 Å². The average Bonchev–Trinajstić information content (AvgIpc) is 3.04. The molecule has 0 amide bonds. The van der Waals surface area contributed by atoms with Gasteiger partial charge in [0.25, 0.3) is 5.82 Å². The lowest BCUT2D eigenvalue weighted by Crippen LogP contribution is -2.34. The number of hydrogen-bond acceptors (Lipinski definition) is 3. The predicted molar refractivity (Wildman–Crippen MR) is 103 cm³/mol. The van der Waals surface area contributed by atoms with Gasteiger partial charge in [0.15, 0.2) is 0 Å². The molecule has 0 aliphatic rings. The van der Waals surface area contributed by atoms with E-state index in [9.17, 15) is 4.79 Å². The van der Waals surface area contributed by atoms with E-state index in [0.717, 1.165) is 17.1 Å². The molecule has 0 saturated heterocycles. The second-order valence-electron chi connectivity index (χ2n) is 7.04. The van der Waals surface area contributed by atoms with Crippen LogP contribution in [0.5, 0.6) is 0 Å². The fourth-order valence-electron chi connectivity index (χ4n) is 2.66. The van der Waals surface area contributed by atoms with Crippen molar-refractivity contribution < 1.29 is 14.5 Å². The molecular weight excluding hydrogens is 346 g/mol. The van der Waals surface area contributed by atoms with Crippen molar-refractivity contribution in [3.63, 3.8) is 0 Å². The van der Waals surface area contributed by atoms with Crippen molar-refractivity contribution >= 4 is 17.7 Å². The van der Waals surface area contributed by atoms with E-state index in [0.29, 0.717) is 5.16 Å². The summed E-state index contributed by atoms with van der Waals surface area (Å²) in [7, 11) is 0.